The molecular formula is C60H56Cl2N10O2. The van der Waals surface area contributed by atoms with Crippen LogP contribution in [0.15, 0.2) is 168 Å². The van der Waals surface area contributed by atoms with Gasteiger partial charge in [0.15, 0.2) is 0 Å². The Kier molecular flexibility index (Phi) is 14.5. The predicted molar refractivity (Wildman–Crippen MR) is 298 cm³/mol. The number of para-hydroxylation sites is 4. The van der Waals surface area contributed by atoms with Gasteiger partial charge in [-0.25, -0.2) is 9.97 Å². The minimum absolute atomic E-state index is 0.212. The van der Waals surface area contributed by atoms with Gasteiger partial charge in [-0.1, -0.05) is 47.5 Å². The minimum Gasteiger partial charge on any atom is -0.381 e. The molecule has 1 saturated heterocycles. The number of anilines is 4. The highest BCUT2D eigenvalue weighted by Crippen LogP contribution is 2.34. The molecule has 6 aliphatic rings. The molecule has 74 heavy (non-hydrogen) atoms. The maximum Gasteiger partial charge on any atom is 0.0900 e. The molecule has 0 atom stereocenters. The number of nitrogens with one attached hydrogen (secondary N) is 2. The zero-order valence-corrected chi connectivity index (χ0v) is 43.1. The fourth-order valence-corrected chi connectivity index (χ4v) is 10.2. The summed E-state index contributed by atoms with van der Waals surface area (Å²) < 4.78 is 15.6. The first kappa shape index (κ1) is 48.8. The van der Waals surface area contributed by atoms with E-state index in [0.717, 1.165) is 153 Å². The van der Waals surface area contributed by atoms with Crippen LogP contribution in [0.3, 0.4) is 0 Å². The van der Waals surface area contributed by atoms with E-state index in [1.54, 1.807) is 13.3 Å². The molecule has 0 amide bonds. The van der Waals surface area contributed by atoms with Crippen LogP contribution in [0.2, 0.25) is 10.0 Å². The number of benzene rings is 6. The third kappa shape index (κ3) is 10.6. The van der Waals surface area contributed by atoms with Crippen LogP contribution in [0.1, 0.15) is 49.9 Å². The molecule has 2 aromatic heterocycles. The summed E-state index contributed by atoms with van der Waals surface area (Å²) in [6.07, 6.45) is 9.84. The number of aryl methyl sites for hydroxylation is 2. The zero-order valence-electron chi connectivity index (χ0n) is 41.6. The molecule has 0 unspecified atom stereocenters. The second kappa shape index (κ2) is 21.9. The molecule has 3 aliphatic carbocycles. The number of hydrogen-bond donors (Lipinski definition) is 2. The molecule has 14 heteroatoms. The van der Waals surface area contributed by atoms with Crippen LogP contribution in [-0.4, -0.2) is 67.6 Å². The molecule has 2 N–H and O–H groups in total. The van der Waals surface area contributed by atoms with Gasteiger partial charge in [0.05, 0.1) is 108 Å². The van der Waals surface area contributed by atoms with Crippen molar-refractivity contribution in [3.05, 3.63) is 190 Å². The first-order chi connectivity index (χ1) is 36.2. The van der Waals surface area contributed by atoms with E-state index in [1.165, 1.54) is 0 Å². The Hall–Kier alpha value is -7.48. The van der Waals surface area contributed by atoms with Crippen molar-refractivity contribution in [1.29, 1.82) is 0 Å². The van der Waals surface area contributed by atoms with Gasteiger partial charge < -0.3 is 29.2 Å². The van der Waals surface area contributed by atoms with Crippen LogP contribution in [0, 0.1) is 13.8 Å². The molecule has 12 rings (SSSR count). The lowest BCUT2D eigenvalue weighted by molar-refractivity contribution is 0.0663. The van der Waals surface area contributed by atoms with E-state index in [0.29, 0.717) is 16.1 Å². The van der Waals surface area contributed by atoms with Gasteiger partial charge in [0, 0.05) is 54.1 Å². The number of halogens is 2. The largest absolute Gasteiger partial charge is 0.381 e. The van der Waals surface area contributed by atoms with Crippen molar-refractivity contribution in [3.8, 4) is 34.2 Å². The molecule has 5 heterocycles. The molecule has 0 radical (unpaired) electrons. The Morgan fingerprint density at radius 3 is 1.42 bits per heavy atom. The van der Waals surface area contributed by atoms with Gasteiger partial charge in [-0.05, 0) is 174 Å². The highest BCUT2D eigenvalue weighted by atomic mass is 35.5. The third-order valence-electron chi connectivity index (χ3n) is 13.9. The highest BCUT2D eigenvalue weighted by Gasteiger charge is 2.23. The van der Waals surface area contributed by atoms with Gasteiger partial charge in [0.2, 0.25) is 0 Å². The summed E-state index contributed by atoms with van der Waals surface area (Å²) in [6.45, 7) is 5.48. The average Bonchev–Trinajstić information content (AvgIpc) is 3.43. The topological polar surface area (TPSA) is 129 Å². The van der Waals surface area contributed by atoms with E-state index in [9.17, 15) is 0 Å². The van der Waals surface area contributed by atoms with Crippen molar-refractivity contribution in [2.24, 2.45) is 9.98 Å². The van der Waals surface area contributed by atoms with Crippen LogP contribution in [-0.2, 0) is 9.47 Å². The van der Waals surface area contributed by atoms with Crippen LogP contribution >= 0.6 is 23.2 Å². The Labute approximate surface area is 440 Å². The van der Waals surface area contributed by atoms with Gasteiger partial charge in [-0.2, -0.15) is 0 Å². The lowest BCUT2D eigenvalue weighted by Crippen LogP contribution is -2.25. The Morgan fingerprint density at radius 2 is 0.973 bits per heavy atom. The van der Waals surface area contributed by atoms with Crippen molar-refractivity contribution in [1.82, 2.24) is 29.1 Å². The number of pyridine rings is 2. The number of ether oxygens (including phenoxy) is 2. The van der Waals surface area contributed by atoms with Gasteiger partial charge in [-0.3, -0.25) is 20.0 Å². The summed E-state index contributed by atoms with van der Waals surface area (Å²) in [6, 6.07) is 49.2. The average molecular weight is 1020 g/mol. The van der Waals surface area contributed by atoms with E-state index in [2.05, 4.69) is 66.1 Å². The Bertz CT molecular complexity index is 3680. The third-order valence-corrected chi connectivity index (χ3v) is 14.4. The van der Waals surface area contributed by atoms with Crippen molar-refractivity contribution in [3.63, 3.8) is 0 Å². The number of rotatable bonds is 9. The minimum atomic E-state index is 0.212. The summed E-state index contributed by atoms with van der Waals surface area (Å²) in [5.74, 6) is 0. The van der Waals surface area contributed by atoms with E-state index >= 15 is 0 Å². The number of nitrogens with zero attached hydrogens (tertiary/aromatic N) is 8. The van der Waals surface area contributed by atoms with Crippen LogP contribution in [0.4, 0.5) is 22.7 Å². The van der Waals surface area contributed by atoms with E-state index in [4.69, 9.17) is 52.6 Å². The summed E-state index contributed by atoms with van der Waals surface area (Å²) in [4.78, 5) is 29.5. The fourth-order valence-electron chi connectivity index (χ4n) is 9.97. The van der Waals surface area contributed by atoms with Crippen LogP contribution < -0.4 is 21.3 Å². The second-order valence-electron chi connectivity index (χ2n) is 18.8. The van der Waals surface area contributed by atoms with Crippen molar-refractivity contribution >= 4 is 68.0 Å². The summed E-state index contributed by atoms with van der Waals surface area (Å²) in [5, 5.41) is 10.4. The number of fused-ring (bicyclic) bond motifs is 4. The van der Waals surface area contributed by atoms with Crippen molar-refractivity contribution in [2.75, 3.05) is 31.0 Å². The smallest absolute Gasteiger partial charge is 0.0900 e. The van der Waals surface area contributed by atoms with Crippen LogP contribution in [0.25, 0.3) is 56.2 Å². The summed E-state index contributed by atoms with van der Waals surface area (Å²) in [7, 11) is 1.80. The Balaban J connectivity index is 0.000000159. The predicted octanol–water partition coefficient (Wildman–Crippen LogP) is 13.4. The first-order valence-corrected chi connectivity index (χ1v) is 26.0. The molecule has 4 aromatic carbocycles. The molecular weight excluding hydrogens is 964 g/mol. The highest BCUT2D eigenvalue weighted by molar-refractivity contribution is 6.30. The van der Waals surface area contributed by atoms with Crippen molar-refractivity contribution < 1.29 is 9.47 Å². The molecule has 0 spiro atoms. The second-order valence-corrected chi connectivity index (χ2v) is 19.7. The number of methoxy groups -OCH3 is 1. The maximum atomic E-state index is 6.24. The number of aromatic nitrogens is 6. The SMILES string of the molecule is COC1CCC(N=c2cc3n(-c4ccc(Cl)cc4)c4ccccc4nc-3cc2Nc2cccnc2C)CC1.Cc1ncccc1Nc1cc2nc3ccccc3n(-c3ccc(Cl)cc3)c-2cc1=NC1CCOCC1. The fraction of sp³-hybridized carbons (Fsp3) is 0.233. The summed E-state index contributed by atoms with van der Waals surface area (Å²) in [5.41, 5.74) is 15.2. The molecule has 6 aromatic rings. The molecule has 3 aliphatic heterocycles. The van der Waals surface area contributed by atoms with Crippen LogP contribution in [0.5, 0.6) is 0 Å². The standard InChI is InChI=1S/C31H30ClN5O.C29H26ClN5O/c1-20-25(7-5-17-33-20)35-27-18-29-31(19-28(27)34-22-11-15-24(38-2)16-12-22)37(23-13-9-21(32)10-14-23)30-8-4-3-6-26(30)36-29;1-19-23(6-4-14-31-19)33-25-17-27-29(18-26(25)32-21-12-15-36-16-13-21)35(22-10-8-20(30)9-11-22)28-7-3-2-5-24(28)34-27/h3-10,13-14,17-19,22,24,35H,11-12,15-16H2,1-2H3;2-11,14,17-18,21,33H,12-13,15-16H2,1H3. The maximum absolute atomic E-state index is 6.24. The van der Waals surface area contributed by atoms with Gasteiger partial charge in [0.25, 0.3) is 0 Å². The monoisotopic (exact) mass is 1020 g/mol. The van der Waals surface area contributed by atoms with Gasteiger partial charge in [-0.15, -0.1) is 0 Å². The van der Waals surface area contributed by atoms with Gasteiger partial charge >= 0.3 is 0 Å². The number of hydrogen-bond acceptors (Lipinski definition) is 10. The van der Waals surface area contributed by atoms with E-state index < -0.39 is 0 Å². The van der Waals surface area contributed by atoms with E-state index in [-0.39, 0.29) is 12.1 Å². The lowest BCUT2D eigenvalue weighted by Gasteiger charge is -2.25. The summed E-state index contributed by atoms with van der Waals surface area (Å²) >= 11 is 12.5. The molecule has 1 saturated carbocycles. The van der Waals surface area contributed by atoms with Gasteiger partial charge in [0.1, 0.15) is 0 Å². The quantitative estimate of drug-likeness (QED) is 0.137. The Morgan fingerprint density at radius 1 is 0.527 bits per heavy atom. The lowest BCUT2D eigenvalue weighted by atomic mass is 9.93. The first-order valence-electron chi connectivity index (χ1n) is 25.2. The molecule has 2 fully saturated rings. The molecule has 372 valence electrons. The normalized spacial score (nSPS) is 16.7. The molecule has 12 nitrogen and oxygen atoms in total. The van der Waals surface area contributed by atoms with E-state index in [1.807, 2.05) is 129 Å². The molecule has 0 bridgehead atoms. The zero-order chi connectivity index (χ0) is 50.5. The van der Waals surface area contributed by atoms with Crippen molar-refractivity contribution in [2.45, 2.75) is 70.6 Å².